The fourth-order valence-corrected chi connectivity index (χ4v) is 6.20. The van der Waals surface area contributed by atoms with Crippen LogP contribution in [0.5, 0.6) is 0 Å². The van der Waals surface area contributed by atoms with Crippen LogP contribution in [0.25, 0.3) is 10.8 Å². The first kappa shape index (κ1) is 26.6. The van der Waals surface area contributed by atoms with Gasteiger partial charge in [0.15, 0.2) is 0 Å². The summed E-state index contributed by atoms with van der Waals surface area (Å²) in [4.78, 5) is 25.1. The summed E-state index contributed by atoms with van der Waals surface area (Å²) >= 11 is 0. The smallest absolute Gasteiger partial charge is 0.307 e. The molecule has 0 fully saturated rings. The number of carbonyl (C=O) groups excluding carboxylic acids is 2. The minimum Gasteiger partial charge on any atom is -0.307 e. The maximum Gasteiger partial charge on any atom is 0.333 e. The van der Waals surface area contributed by atoms with E-state index in [-0.39, 0.29) is 21.2 Å². The van der Waals surface area contributed by atoms with Crippen molar-refractivity contribution in [3.05, 3.63) is 96.1 Å². The fourth-order valence-electron chi connectivity index (χ4n) is 3.89. The molecule has 0 saturated carbocycles. The van der Waals surface area contributed by atoms with Gasteiger partial charge in [0.05, 0.1) is 21.2 Å². The lowest BCUT2D eigenvalue weighted by Gasteiger charge is -2.14. The van der Waals surface area contributed by atoms with Crippen molar-refractivity contribution in [3.63, 3.8) is 0 Å². The summed E-state index contributed by atoms with van der Waals surface area (Å²) in [5.41, 5.74) is 1.51. The van der Waals surface area contributed by atoms with Crippen molar-refractivity contribution in [1.29, 1.82) is 0 Å². The van der Waals surface area contributed by atoms with Gasteiger partial charge in [0, 0.05) is 10.8 Å². The van der Waals surface area contributed by atoms with Gasteiger partial charge in [-0.15, -0.1) is 0 Å². The predicted octanol–water partition coefficient (Wildman–Crippen LogP) is 4.48. The van der Waals surface area contributed by atoms with Gasteiger partial charge in [0.2, 0.25) is 0 Å². The summed E-state index contributed by atoms with van der Waals surface area (Å²) in [6.07, 6.45) is 0. The van der Waals surface area contributed by atoms with Crippen LogP contribution in [-0.2, 0) is 20.0 Å². The molecule has 4 N–H and O–H groups in total. The SMILES string of the molecule is Cc1ccccc1S(=O)(=O)NC(=O)Nc1cccc2c(NC(=O)NS(=O)(=O)c3ccccc3C)cccc12. The van der Waals surface area contributed by atoms with Crippen LogP contribution in [0.3, 0.4) is 0 Å². The maximum atomic E-state index is 12.7. The number of carbonyl (C=O) groups is 2. The zero-order chi connectivity index (χ0) is 27.5. The first-order valence-electron chi connectivity index (χ1n) is 11.3. The number of hydrogen-bond donors (Lipinski definition) is 4. The van der Waals surface area contributed by atoms with Crippen LogP contribution in [0.15, 0.2) is 94.7 Å². The summed E-state index contributed by atoms with van der Waals surface area (Å²) in [5, 5.41) is 6.01. The Balaban J connectivity index is 1.54. The van der Waals surface area contributed by atoms with Crippen molar-refractivity contribution in [3.8, 4) is 0 Å². The molecule has 0 aliphatic heterocycles. The number of nitrogens with one attached hydrogen (secondary N) is 4. The molecule has 0 radical (unpaired) electrons. The van der Waals surface area contributed by atoms with Crippen molar-refractivity contribution in [2.75, 3.05) is 10.6 Å². The number of sulfonamides is 2. The van der Waals surface area contributed by atoms with Gasteiger partial charge in [-0.25, -0.2) is 35.9 Å². The number of fused-ring (bicyclic) bond motifs is 1. The Morgan fingerprint density at radius 3 is 1.26 bits per heavy atom. The summed E-state index contributed by atoms with van der Waals surface area (Å²) in [7, 11) is -8.23. The van der Waals surface area contributed by atoms with E-state index in [1.54, 1.807) is 86.6 Å². The Morgan fingerprint density at radius 1 is 0.526 bits per heavy atom. The zero-order valence-electron chi connectivity index (χ0n) is 20.3. The van der Waals surface area contributed by atoms with E-state index < -0.39 is 32.1 Å². The minimum atomic E-state index is -4.12. The monoisotopic (exact) mass is 552 g/mol. The van der Waals surface area contributed by atoms with Gasteiger partial charge in [-0.05, 0) is 49.2 Å². The minimum absolute atomic E-state index is 0.0220. The number of anilines is 2. The fraction of sp³-hybridized carbons (Fsp3) is 0.0769. The van der Waals surface area contributed by atoms with Crippen LogP contribution in [0.2, 0.25) is 0 Å². The number of urea groups is 2. The summed E-state index contributed by atoms with van der Waals surface area (Å²) < 4.78 is 54.6. The molecule has 4 aromatic rings. The molecule has 4 amide bonds. The van der Waals surface area contributed by atoms with E-state index in [0.717, 1.165) is 0 Å². The van der Waals surface area contributed by atoms with Gasteiger partial charge in [0.25, 0.3) is 20.0 Å². The van der Waals surface area contributed by atoms with Crippen molar-refractivity contribution in [2.45, 2.75) is 23.6 Å². The number of hydrogen-bond acceptors (Lipinski definition) is 6. The number of benzene rings is 4. The van der Waals surface area contributed by atoms with Crippen molar-refractivity contribution < 1.29 is 26.4 Å². The molecule has 4 aromatic carbocycles. The van der Waals surface area contributed by atoms with Crippen LogP contribution in [0, 0.1) is 13.8 Å². The molecule has 0 unspecified atom stereocenters. The van der Waals surface area contributed by atoms with Crippen LogP contribution >= 0.6 is 0 Å². The lowest BCUT2D eigenvalue weighted by molar-refractivity contribution is 0.255. The third-order valence-corrected chi connectivity index (χ3v) is 8.62. The third-order valence-electron chi connectivity index (χ3n) is 5.64. The highest BCUT2D eigenvalue weighted by Crippen LogP contribution is 2.29. The number of aryl methyl sites for hydroxylation is 2. The highest BCUT2D eigenvalue weighted by atomic mass is 32.2. The first-order chi connectivity index (χ1) is 18.0. The maximum absolute atomic E-state index is 12.7. The van der Waals surface area contributed by atoms with Gasteiger partial charge in [-0.1, -0.05) is 60.7 Å². The molecular weight excluding hydrogens is 528 g/mol. The summed E-state index contributed by atoms with van der Waals surface area (Å²) in [6, 6.07) is 20.2. The van der Waals surface area contributed by atoms with Gasteiger partial charge >= 0.3 is 12.1 Å². The molecule has 0 heterocycles. The second-order valence-electron chi connectivity index (χ2n) is 8.36. The quantitative estimate of drug-likeness (QED) is 0.277. The Bertz CT molecular complexity index is 1640. The average molecular weight is 553 g/mol. The van der Waals surface area contributed by atoms with Gasteiger partial charge in [0.1, 0.15) is 0 Å². The predicted molar refractivity (Wildman–Crippen MR) is 145 cm³/mol. The number of amides is 4. The van der Waals surface area contributed by atoms with Crippen molar-refractivity contribution >= 4 is 54.3 Å². The highest BCUT2D eigenvalue weighted by Gasteiger charge is 2.21. The molecule has 12 heteroatoms. The largest absolute Gasteiger partial charge is 0.333 e. The molecular formula is C26H24N4O6S2. The topological polar surface area (TPSA) is 151 Å². The summed E-state index contributed by atoms with van der Waals surface area (Å²) in [6.45, 7) is 3.24. The molecule has 196 valence electrons. The molecule has 0 aliphatic rings. The lowest BCUT2D eigenvalue weighted by atomic mass is 10.1. The van der Waals surface area contributed by atoms with E-state index in [1.165, 1.54) is 12.1 Å². The molecule has 0 atom stereocenters. The highest BCUT2D eigenvalue weighted by molar-refractivity contribution is 7.90. The Kier molecular flexibility index (Phi) is 7.37. The molecule has 38 heavy (non-hydrogen) atoms. The van der Waals surface area contributed by atoms with Crippen LogP contribution in [0.1, 0.15) is 11.1 Å². The van der Waals surface area contributed by atoms with Crippen LogP contribution < -0.4 is 20.1 Å². The van der Waals surface area contributed by atoms with Crippen LogP contribution in [-0.4, -0.2) is 28.9 Å². The Labute approximate surface area is 220 Å². The second kappa shape index (κ2) is 10.5. The molecule has 0 aliphatic carbocycles. The first-order valence-corrected chi connectivity index (χ1v) is 14.3. The Hall–Kier alpha value is -4.42. The lowest BCUT2D eigenvalue weighted by Crippen LogP contribution is -2.35. The average Bonchev–Trinajstić information content (AvgIpc) is 2.84. The zero-order valence-corrected chi connectivity index (χ0v) is 22.0. The normalized spacial score (nSPS) is 11.5. The second-order valence-corrected chi connectivity index (χ2v) is 11.7. The van der Waals surface area contributed by atoms with E-state index in [1.807, 2.05) is 9.44 Å². The summed E-state index contributed by atoms with van der Waals surface area (Å²) in [5.74, 6) is 0. The van der Waals surface area contributed by atoms with Gasteiger partial charge in [-0.2, -0.15) is 0 Å². The van der Waals surface area contributed by atoms with Crippen molar-refractivity contribution in [1.82, 2.24) is 9.44 Å². The van der Waals surface area contributed by atoms with Crippen LogP contribution in [0.4, 0.5) is 21.0 Å². The van der Waals surface area contributed by atoms with E-state index >= 15 is 0 Å². The van der Waals surface area contributed by atoms with Crippen molar-refractivity contribution in [2.24, 2.45) is 0 Å². The van der Waals surface area contributed by atoms with E-state index in [0.29, 0.717) is 21.9 Å². The molecule has 0 saturated heterocycles. The third kappa shape index (κ3) is 5.76. The molecule has 4 rings (SSSR count). The van der Waals surface area contributed by atoms with E-state index in [9.17, 15) is 26.4 Å². The Morgan fingerprint density at radius 2 is 0.895 bits per heavy atom. The molecule has 10 nitrogen and oxygen atoms in total. The van der Waals surface area contributed by atoms with Gasteiger partial charge < -0.3 is 10.6 Å². The standard InChI is InChI=1S/C26H24N4O6S2/c1-17-9-3-5-15-23(17)37(33,34)29-25(31)27-21-13-7-12-20-19(21)11-8-14-22(20)28-26(32)30-38(35,36)24-16-6-4-10-18(24)2/h3-16H,1-2H3,(H2,27,29,31)(H2,28,30,32). The van der Waals surface area contributed by atoms with Gasteiger partial charge in [-0.3, -0.25) is 0 Å². The molecule has 0 bridgehead atoms. The number of rotatable bonds is 6. The van der Waals surface area contributed by atoms with E-state index in [4.69, 9.17) is 0 Å². The molecule has 0 spiro atoms. The molecule has 0 aromatic heterocycles. The van der Waals surface area contributed by atoms with E-state index in [2.05, 4.69) is 10.6 Å².